The summed E-state index contributed by atoms with van der Waals surface area (Å²) in [5.41, 5.74) is 3.25. The Hall–Kier alpha value is -1.56. The van der Waals surface area contributed by atoms with Crippen molar-refractivity contribution in [3.8, 4) is 5.75 Å². The first-order valence-corrected chi connectivity index (χ1v) is 8.46. The predicted octanol–water partition coefficient (Wildman–Crippen LogP) is 4.67. The van der Waals surface area contributed by atoms with Crippen LogP contribution in [-0.4, -0.2) is 17.7 Å². The first kappa shape index (κ1) is 17.8. The summed E-state index contributed by atoms with van der Waals surface area (Å²) in [5.74, 6) is 0.0388. The first-order valence-electron chi connectivity index (χ1n) is 6.89. The van der Waals surface area contributed by atoms with Crippen molar-refractivity contribution in [2.24, 2.45) is 5.10 Å². The molecule has 1 heterocycles. The molecular formula is C16H16Cl2N2O2S. The van der Waals surface area contributed by atoms with Crippen molar-refractivity contribution in [3.05, 3.63) is 50.1 Å². The third kappa shape index (κ3) is 4.96. The molecule has 1 atom stereocenters. The van der Waals surface area contributed by atoms with Gasteiger partial charge in [0, 0.05) is 9.90 Å². The molecule has 1 aromatic carbocycles. The fraction of sp³-hybridized carbons (Fsp3) is 0.250. The minimum Gasteiger partial charge on any atom is -0.479 e. The van der Waals surface area contributed by atoms with Crippen LogP contribution in [0.2, 0.25) is 10.0 Å². The topological polar surface area (TPSA) is 50.7 Å². The van der Waals surface area contributed by atoms with Gasteiger partial charge >= 0.3 is 0 Å². The van der Waals surface area contributed by atoms with Crippen LogP contribution >= 0.6 is 34.5 Å². The Bertz CT molecular complexity index is 743. The Labute approximate surface area is 149 Å². The molecule has 7 heteroatoms. The standard InChI is InChI=1S/C16H16Cl2N2O2S/c1-9-4-7-15(23-9)10(2)19-20-16(21)11(3)22-14-6-5-12(17)8-13(14)18/h4-8,11H,1-3H3,(H,20,21). The number of nitrogens with zero attached hydrogens (tertiary/aromatic N) is 1. The van der Waals surface area contributed by atoms with E-state index in [1.165, 1.54) is 4.88 Å². The molecular weight excluding hydrogens is 355 g/mol. The van der Waals surface area contributed by atoms with Crippen molar-refractivity contribution in [2.45, 2.75) is 26.9 Å². The third-order valence-electron chi connectivity index (χ3n) is 3.00. The highest BCUT2D eigenvalue weighted by Gasteiger charge is 2.16. The summed E-state index contributed by atoms with van der Waals surface area (Å²) in [4.78, 5) is 14.3. The highest BCUT2D eigenvalue weighted by atomic mass is 35.5. The number of carbonyl (C=O) groups excluding carboxylic acids is 1. The average Bonchev–Trinajstić information content (AvgIpc) is 2.93. The van der Waals surface area contributed by atoms with Gasteiger partial charge < -0.3 is 4.74 Å². The molecule has 1 unspecified atom stereocenters. The lowest BCUT2D eigenvalue weighted by Gasteiger charge is -2.14. The van der Waals surface area contributed by atoms with E-state index < -0.39 is 6.10 Å². The van der Waals surface area contributed by atoms with E-state index in [9.17, 15) is 4.79 Å². The highest BCUT2D eigenvalue weighted by Crippen LogP contribution is 2.28. The molecule has 0 bridgehead atoms. The van der Waals surface area contributed by atoms with E-state index in [4.69, 9.17) is 27.9 Å². The van der Waals surface area contributed by atoms with Crippen LogP contribution in [0, 0.1) is 6.92 Å². The van der Waals surface area contributed by atoms with E-state index in [0.717, 1.165) is 10.6 Å². The maximum Gasteiger partial charge on any atom is 0.280 e. The van der Waals surface area contributed by atoms with Crippen LogP contribution < -0.4 is 10.2 Å². The fourth-order valence-corrected chi connectivity index (χ4v) is 2.99. The highest BCUT2D eigenvalue weighted by molar-refractivity contribution is 7.14. The normalized spacial score (nSPS) is 12.8. The van der Waals surface area contributed by atoms with E-state index in [1.54, 1.807) is 36.5 Å². The zero-order valence-electron chi connectivity index (χ0n) is 12.9. The zero-order valence-corrected chi connectivity index (χ0v) is 15.2. The molecule has 2 rings (SSSR count). The molecule has 0 fully saturated rings. The van der Waals surface area contributed by atoms with E-state index in [-0.39, 0.29) is 5.91 Å². The predicted molar refractivity (Wildman–Crippen MR) is 96.0 cm³/mol. The SMILES string of the molecule is CC(=NNC(=O)C(C)Oc1ccc(Cl)cc1Cl)c1ccc(C)s1. The van der Waals surface area contributed by atoms with E-state index in [2.05, 4.69) is 10.5 Å². The molecule has 0 aliphatic heterocycles. The molecule has 1 N–H and O–H groups in total. The molecule has 0 aliphatic rings. The quantitative estimate of drug-likeness (QED) is 0.613. The van der Waals surface area contributed by atoms with Crippen molar-refractivity contribution in [1.29, 1.82) is 0 Å². The van der Waals surface area contributed by atoms with Crippen molar-refractivity contribution in [1.82, 2.24) is 5.43 Å². The molecule has 0 aliphatic carbocycles. The van der Waals surface area contributed by atoms with Crippen LogP contribution in [0.5, 0.6) is 5.75 Å². The number of aryl methyl sites for hydroxylation is 1. The smallest absolute Gasteiger partial charge is 0.280 e. The minimum absolute atomic E-state index is 0.353. The van der Waals surface area contributed by atoms with Gasteiger partial charge in [0.1, 0.15) is 5.75 Å². The van der Waals surface area contributed by atoms with Gasteiger partial charge in [0.25, 0.3) is 5.91 Å². The largest absolute Gasteiger partial charge is 0.479 e. The summed E-state index contributed by atoms with van der Waals surface area (Å²) >= 11 is 13.5. The van der Waals surface area contributed by atoms with Crippen LogP contribution in [0.15, 0.2) is 35.4 Å². The molecule has 4 nitrogen and oxygen atoms in total. The van der Waals surface area contributed by atoms with Crippen LogP contribution in [-0.2, 0) is 4.79 Å². The maximum absolute atomic E-state index is 12.1. The average molecular weight is 371 g/mol. The number of rotatable bonds is 5. The Morgan fingerprint density at radius 3 is 2.65 bits per heavy atom. The molecule has 0 saturated heterocycles. The van der Waals surface area contributed by atoms with E-state index >= 15 is 0 Å². The van der Waals surface area contributed by atoms with Gasteiger partial charge in [-0.25, -0.2) is 5.43 Å². The number of hydrazone groups is 1. The lowest BCUT2D eigenvalue weighted by molar-refractivity contribution is -0.127. The second kappa shape index (κ2) is 7.81. The monoisotopic (exact) mass is 370 g/mol. The first-order chi connectivity index (χ1) is 10.9. The summed E-state index contributed by atoms with van der Waals surface area (Å²) in [6.45, 7) is 5.49. The van der Waals surface area contributed by atoms with E-state index in [0.29, 0.717) is 15.8 Å². The Kier molecular flexibility index (Phi) is 6.04. The Balaban J connectivity index is 1.97. The van der Waals surface area contributed by atoms with Gasteiger partial charge in [-0.15, -0.1) is 11.3 Å². The van der Waals surface area contributed by atoms with Crippen molar-refractivity contribution in [3.63, 3.8) is 0 Å². The Morgan fingerprint density at radius 1 is 1.30 bits per heavy atom. The van der Waals surface area contributed by atoms with Crippen LogP contribution in [0.1, 0.15) is 23.6 Å². The van der Waals surface area contributed by atoms with Gasteiger partial charge in [-0.05, 0) is 51.1 Å². The van der Waals surface area contributed by atoms with Crippen LogP contribution in [0.3, 0.4) is 0 Å². The molecule has 0 saturated carbocycles. The molecule has 1 aromatic heterocycles. The number of benzene rings is 1. The Morgan fingerprint density at radius 2 is 2.04 bits per heavy atom. The number of halogens is 2. The molecule has 0 spiro atoms. The third-order valence-corrected chi connectivity index (χ3v) is 4.64. The van der Waals surface area contributed by atoms with Crippen molar-refractivity contribution in [2.75, 3.05) is 0 Å². The van der Waals surface area contributed by atoms with Crippen molar-refractivity contribution >= 4 is 46.2 Å². The summed E-state index contributed by atoms with van der Waals surface area (Å²) in [6.07, 6.45) is -0.740. The fourth-order valence-electron chi connectivity index (χ4n) is 1.73. The molecule has 2 aromatic rings. The van der Waals surface area contributed by atoms with Gasteiger partial charge in [0.2, 0.25) is 0 Å². The lowest BCUT2D eigenvalue weighted by Crippen LogP contribution is -2.34. The van der Waals surface area contributed by atoms with Gasteiger partial charge in [-0.2, -0.15) is 5.10 Å². The van der Waals surface area contributed by atoms with E-state index in [1.807, 2.05) is 26.0 Å². The van der Waals surface area contributed by atoms with Gasteiger partial charge in [0.15, 0.2) is 6.10 Å². The summed E-state index contributed by atoms with van der Waals surface area (Å²) in [5, 5.41) is 4.96. The zero-order chi connectivity index (χ0) is 17.0. The number of thiophene rings is 1. The number of amides is 1. The second-order valence-corrected chi connectivity index (χ2v) is 7.05. The summed E-state index contributed by atoms with van der Waals surface area (Å²) < 4.78 is 5.53. The van der Waals surface area contributed by atoms with Crippen LogP contribution in [0.25, 0.3) is 0 Å². The number of carbonyl (C=O) groups is 1. The number of nitrogens with one attached hydrogen (secondary N) is 1. The maximum atomic E-state index is 12.1. The van der Waals surface area contributed by atoms with Crippen molar-refractivity contribution < 1.29 is 9.53 Å². The summed E-state index contributed by atoms with van der Waals surface area (Å²) in [7, 11) is 0. The number of hydrogen-bond donors (Lipinski definition) is 1. The molecule has 1 amide bonds. The number of ether oxygens (including phenoxy) is 1. The number of hydrogen-bond acceptors (Lipinski definition) is 4. The van der Waals surface area contributed by atoms with Gasteiger partial charge in [0.05, 0.1) is 15.6 Å². The van der Waals surface area contributed by atoms with Gasteiger partial charge in [-0.1, -0.05) is 23.2 Å². The van der Waals surface area contributed by atoms with Crippen LogP contribution in [0.4, 0.5) is 0 Å². The van der Waals surface area contributed by atoms with Gasteiger partial charge in [-0.3, -0.25) is 4.79 Å². The lowest BCUT2D eigenvalue weighted by atomic mass is 10.3. The summed E-state index contributed by atoms with van der Waals surface area (Å²) in [6, 6.07) is 8.81. The minimum atomic E-state index is -0.740. The molecule has 122 valence electrons. The molecule has 23 heavy (non-hydrogen) atoms. The second-order valence-electron chi connectivity index (χ2n) is 4.92. The molecule has 0 radical (unpaired) electrons.